The van der Waals surface area contributed by atoms with Crippen LogP contribution in [0.1, 0.15) is 39.0 Å². The lowest BCUT2D eigenvalue weighted by Crippen LogP contribution is -2.57. The highest BCUT2D eigenvalue weighted by molar-refractivity contribution is 4.96. The predicted molar refractivity (Wildman–Crippen MR) is 68.6 cm³/mol. The fraction of sp³-hybridized carbons (Fsp3) is 1.00. The van der Waals surface area contributed by atoms with Crippen molar-refractivity contribution in [3.8, 4) is 0 Å². The molecule has 3 heteroatoms. The first-order valence-corrected chi connectivity index (χ1v) is 6.65. The number of aliphatic hydroxyl groups excluding tert-OH is 1. The van der Waals surface area contributed by atoms with E-state index >= 15 is 0 Å². The van der Waals surface area contributed by atoms with Gasteiger partial charge in [-0.25, -0.2) is 0 Å². The van der Waals surface area contributed by atoms with Crippen LogP contribution in [0.15, 0.2) is 0 Å². The fourth-order valence-electron chi connectivity index (χ4n) is 2.93. The largest absolute Gasteiger partial charge is 0.394 e. The predicted octanol–water partition coefficient (Wildman–Crippen LogP) is 1.47. The quantitative estimate of drug-likeness (QED) is 0.722. The Morgan fingerprint density at radius 3 is 2.69 bits per heavy atom. The molecule has 0 spiro atoms. The molecule has 0 amide bonds. The zero-order valence-corrected chi connectivity index (χ0v) is 11.1. The Morgan fingerprint density at radius 1 is 1.38 bits per heavy atom. The minimum atomic E-state index is 0.00299. The molecular weight excluding hydrogens is 200 g/mol. The average molecular weight is 228 g/mol. The van der Waals surface area contributed by atoms with E-state index < -0.39 is 0 Å². The van der Waals surface area contributed by atoms with Crippen LogP contribution in [-0.2, 0) is 0 Å². The zero-order valence-electron chi connectivity index (χ0n) is 11.1. The molecule has 1 fully saturated rings. The van der Waals surface area contributed by atoms with Gasteiger partial charge in [-0.2, -0.15) is 0 Å². The maximum Gasteiger partial charge on any atom is 0.0616 e. The third kappa shape index (κ3) is 3.44. The van der Waals surface area contributed by atoms with Crippen LogP contribution >= 0.6 is 0 Å². The van der Waals surface area contributed by atoms with Gasteiger partial charge in [0.2, 0.25) is 0 Å². The van der Waals surface area contributed by atoms with Crippen LogP contribution in [0.5, 0.6) is 0 Å². The molecule has 2 atom stereocenters. The summed E-state index contributed by atoms with van der Waals surface area (Å²) in [6.45, 7) is 4.55. The average Bonchev–Trinajstić information content (AvgIpc) is 2.29. The molecule has 1 saturated carbocycles. The van der Waals surface area contributed by atoms with Crippen molar-refractivity contribution in [2.75, 3.05) is 33.8 Å². The molecule has 2 N–H and O–H groups in total. The summed E-state index contributed by atoms with van der Waals surface area (Å²) in [6.07, 6.45) is 6.17. The highest BCUT2D eigenvalue weighted by Crippen LogP contribution is 2.35. The molecule has 0 heterocycles. The van der Waals surface area contributed by atoms with Gasteiger partial charge in [0.25, 0.3) is 0 Å². The van der Waals surface area contributed by atoms with Gasteiger partial charge < -0.3 is 15.3 Å². The van der Waals surface area contributed by atoms with Crippen molar-refractivity contribution in [3.63, 3.8) is 0 Å². The number of rotatable bonds is 6. The standard InChI is InChI=1S/C13H28N2O/c1-4-12-7-5-6-8-13(12,11-16)14-9-10-15(2)3/h12,14,16H,4-11H2,1-3H3. The normalized spacial score (nSPS) is 30.9. The van der Waals surface area contributed by atoms with E-state index in [4.69, 9.17) is 0 Å². The third-order valence-corrected chi connectivity index (χ3v) is 4.02. The van der Waals surface area contributed by atoms with Crippen LogP contribution in [0.3, 0.4) is 0 Å². The van der Waals surface area contributed by atoms with E-state index in [1.54, 1.807) is 0 Å². The second-order valence-corrected chi connectivity index (χ2v) is 5.40. The van der Waals surface area contributed by atoms with Gasteiger partial charge in [0.1, 0.15) is 0 Å². The summed E-state index contributed by atoms with van der Waals surface area (Å²) in [4.78, 5) is 2.18. The van der Waals surface area contributed by atoms with Crippen LogP contribution in [0.4, 0.5) is 0 Å². The molecule has 96 valence electrons. The first-order valence-electron chi connectivity index (χ1n) is 6.65. The van der Waals surface area contributed by atoms with Gasteiger partial charge in [-0.05, 0) is 32.9 Å². The van der Waals surface area contributed by atoms with E-state index in [9.17, 15) is 5.11 Å². The Labute approximate surface area is 100 Å². The van der Waals surface area contributed by atoms with Crippen molar-refractivity contribution in [1.29, 1.82) is 0 Å². The van der Waals surface area contributed by atoms with Gasteiger partial charge >= 0.3 is 0 Å². The number of likely N-dealkylation sites (N-methyl/N-ethyl adjacent to an activating group) is 1. The molecule has 16 heavy (non-hydrogen) atoms. The van der Waals surface area contributed by atoms with Gasteiger partial charge in [-0.1, -0.05) is 26.2 Å². The molecule has 1 aliphatic carbocycles. The summed E-state index contributed by atoms with van der Waals surface area (Å²) < 4.78 is 0. The molecular formula is C13H28N2O. The number of nitrogens with one attached hydrogen (secondary N) is 1. The van der Waals surface area contributed by atoms with E-state index in [0.717, 1.165) is 19.5 Å². The molecule has 1 aliphatic rings. The molecule has 3 nitrogen and oxygen atoms in total. The SMILES string of the molecule is CCC1CCCCC1(CO)NCCN(C)C. The highest BCUT2D eigenvalue weighted by atomic mass is 16.3. The maximum atomic E-state index is 9.73. The summed E-state index contributed by atoms with van der Waals surface area (Å²) in [5.41, 5.74) is 0.00299. The Morgan fingerprint density at radius 2 is 2.12 bits per heavy atom. The lowest BCUT2D eigenvalue weighted by molar-refractivity contribution is 0.0626. The van der Waals surface area contributed by atoms with Gasteiger partial charge in [-0.15, -0.1) is 0 Å². The molecule has 2 unspecified atom stereocenters. The zero-order chi connectivity index (χ0) is 12.0. The highest BCUT2D eigenvalue weighted by Gasteiger charge is 2.38. The Balaban J connectivity index is 2.51. The number of aliphatic hydroxyl groups is 1. The summed E-state index contributed by atoms with van der Waals surface area (Å²) in [7, 11) is 4.18. The first-order chi connectivity index (χ1) is 7.64. The van der Waals surface area contributed by atoms with Gasteiger partial charge in [0.05, 0.1) is 6.61 Å². The fourth-order valence-corrected chi connectivity index (χ4v) is 2.93. The molecule has 0 radical (unpaired) electrons. The van der Waals surface area contributed by atoms with Gasteiger partial charge in [0, 0.05) is 18.6 Å². The minimum absolute atomic E-state index is 0.00299. The summed E-state index contributed by atoms with van der Waals surface area (Å²) >= 11 is 0. The second kappa shape index (κ2) is 6.58. The molecule has 0 bridgehead atoms. The van der Waals surface area contributed by atoms with Crippen molar-refractivity contribution in [2.24, 2.45) is 5.92 Å². The van der Waals surface area contributed by atoms with Crippen molar-refractivity contribution in [2.45, 2.75) is 44.6 Å². The van der Waals surface area contributed by atoms with Crippen molar-refractivity contribution in [1.82, 2.24) is 10.2 Å². The Kier molecular flexibility index (Phi) is 5.73. The smallest absolute Gasteiger partial charge is 0.0616 e. The van der Waals surface area contributed by atoms with Crippen LogP contribution in [0.25, 0.3) is 0 Å². The van der Waals surface area contributed by atoms with Crippen molar-refractivity contribution >= 4 is 0 Å². The van der Waals surface area contributed by atoms with Crippen LogP contribution < -0.4 is 5.32 Å². The van der Waals surface area contributed by atoms with Crippen LogP contribution in [0.2, 0.25) is 0 Å². The third-order valence-electron chi connectivity index (χ3n) is 4.02. The van der Waals surface area contributed by atoms with E-state index in [1.807, 2.05) is 0 Å². The lowest BCUT2D eigenvalue weighted by Gasteiger charge is -2.44. The molecule has 0 saturated heterocycles. The van der Waals surface area contributed by atoms with E-state index in [0.29, 0.717) is 12.5 Å². The number of hydrogen-bond donors (Lipinski definition) is 2. The number of nitrogens with zero attached hydrogens (tertiary/aromatic N) is 1. The molecule has 0 aromatic carbocycles. The molecule has 0 aliphatic heterocycles. The van der Waals surface area contributed by atoms with Gasteiger partial charge in [0.15, 0.2) is 0 Å². The summed E-state index contributed by atoms with van der Waals surface area (Å²) in [5, 5.41) is 13.4. The Hall–Kier alpha value is -0.120. The molecule has 0 aromatic heterocycles. The molecule has 1 rings (SSSR count). The van der Waals surface area contributed by atoms with Crippen LogP contribution in [0, 0.1) is 5.92 Å². The monoisotopic (exact) mass is 228 g/mol. The van der Waals surface area contributed by atoms with Crippen LogP contribution in [-0.4, -0.2) is 49.3 Å². The first kappa shape index (κ1) is 13.9. The number of hydrogen-bond acceptors (Lipinski definition) is 3. The van der Waals surface area contributed by atoms with Gasteiger partial charge in [-0.3, -0.25) is 0 Å². The van der Waals surface area contributed by atoms with E-state index in [2.05, 4.69) is 31.2 Å². The summed E-state index contributed by atoms with van der Waals surface area (Å²) in [6, 6.07) is 0. The van der Waals surface area contributed by atoms with Crippen molar-refractivity contribution < 1.29 is 5.11 Å². The van der Waals surface area contributed by atoms with E-state index in [-0.39, 0.29) is 5.54 Å². The Bertz CT molecular complexity index is 196. The maximum absolute atomic E-state index is 9.73. The van der Waals surface area contributed by atoms with E-state index in [1.165, 1.54) is 25.7 Å². The second-order valence-electron chi connectivity index (χ2n) is 5.40. The minimum Gasteiger partial charge on any atom is -0.394 e. The van der Waals surface area contributed by atoms with Crippen molar-refractivity contribution in [3.05, 3.63) is 0 Å². The molecule has 0 aromatic rings. The topological polar surface area (TPSA) is 35.5 Å². The lowest BCUT2D eigenvalue weighted by atomic mass is 9.72. The summed E-state index contributed by atoms with van der Waals surface area (Å²) in [5.74, 6) is 0.647.